The third-order valence-corrected chi connectivity index (χ3v) is 4.54. The van der Waals surface area contributed by atoms with Gasteiger partial charge in [-0.1, -0.05) is 48.5 Å². The molecule has 31 heavy (non-hydrogen) atoms. The van der Waals surface area contributed by atoms with Crippen molar-refractivity contribution in [1.82, 2.24) is 14.8 Å². The molecule has 0 N–H and O–H groups in total. The maximum Gasteiger partial charge on any atom is 0.378 e. The number of furan rings is 1. The summed E-state index contributed by atoms with van der Waals surface area (Å²) < 4.78 is 17.1. The second kappa shape index (κ2) is 8.66. The van der Waals surface area contributed by atoms with Crippen LogP contribution in [-0.4, -0.2) is 33.8 Å². The van der Waals surface area contributed by atoms with Gasteiger partial charge in [-0.2, -0.15) is 0 Å². The summed E-state index contributed by atoms with van der Waals surface area (Å²) in [6.07, 6.45) is 0. The van der Waals surface area contributed by atoms with Crippen molar-refractivity contribution in [2.45, 2.75) is 13.5 Å². The maximum absolute atomic E-state index is 12.6. The number of rotatable bonds is 6. The Labute approximate surface area is 178 Å². The van der Waals surface area contributed by atoms with Gasteiger partial charge in [0, 0.05) is 5.56 Å². The number of aromatic nitrogens is 3. The first kappa shape index (κ1) is 20.1. The lowest BCUT2D eigenvalue weighted by atomic mass is 10.2. The zero-order valence-corrected chi connectivity index (χ0v) is 16.9. The molecule has 0 amide bonds. The molecule has 4 aromatic rings. The molecule has 2 aromatic heterocycles. The van der Waals surface area contributed by atoms with E-state index in [1.165, 1.54) is 13.2 Å². The highest BCUT2D eigenvalue weighted by atomic mass is 16.5. The molecule has 156 valence electrons. The second-order valence-corrected chi connectivity index (χ2v) is 6.62. The SMILES string of the molecule is COC(=O)c1cc(COC(=O)c2nc(-c3ccccc3)n(-c3ccccc3)n2)oc1C. The average Bonchev–Trinajstić information content (AvgIpc) is 3.42. The van der Waals surface area contributed by atoms with E-state index in [1.807, 2.05) is 60.7 Å². The fraction of sp³-hybridized carbons (Fsp3) is 0.130. The molecule has 0 saturated heterocycles. The zero-order valence-electron chi connectivity index (χ0n) is 16.9. The predicted octanol–water partition coefficient (Wildman–Crippen LogP) is 3.98. The third kappa shape index (κ3) is 4.23. The monoisotopic (exact) mass is 417 g/mol. The van der Waals surface area contributed by atoms with Gasteiger partial charge < -0.3 is 13.9 Å². The highest BCUT2D eigenvalue weighted by molar-refractivity contribution is 5.90. The molecule has 0 spiro atoms. The Morgan fingerprint density at radius 3 is 2.35 bits per heavy atom. The number of ether oxygens (including phenoxy) is 2. The van der Waals surface area contributed by atoms with Crippen molar-refractivity contribution in [2.75, 3.05) is 7.11 Å². The lowest BCUT2D eigenvalue weighted by Gasteiger charge is -2.05. The zero-order chi connectivity index (χ0) is 21.8. The molecule has 0 atom stereocenters. The number of benzene rings is 2. The van der Waals surface area contributed by atoms with E-state index in [0.29, 0.717) is 17.3 Å². The molecule has 0 aliphatic carbocycles. The van der Waals surface area contributed by atoms with Gasteiger partial charge >= 0.3 is 11.9 Å². The summed E-state index contributed by atoms with van der Waals surface area (Å²) in [5.74, 6) is -0.0948. The number of hydrogen-bond donors (Lipinski definition) is 0. The van der Waals surface area contributed by atoms with Crippen molar-refractivity contribution in [3.63, 3.8) is 0 Å². The van der Waals surface area contributed by atoms with Gasteiger partial charge in [0.25, 0.3) is 5.82 Å². The van der Waals surface area contributed by atoms with Gasteiger partial charge in [0.2, 0.25) is 0 Å². The van der Waals surface area contributed by atoms with Crippen molar-refractivity contribution < 1.29 is 23.5 Å². The molecule has 0 unspecified atom stereocenters. The molecule has 0 fully saturated rings. The van der Waals surface area contributed by atoms with Crippen LogP contribution >= 0.6 is 0 Å². The van der Waals surface area contributed by atoms with Crippen molar-refractivity contribution in [3.8, 4) is 17.1 Å². The fourth-order valence-corrected chi connectivity index (χ4v) is 3.05. The molecule has 0 bridgehead atoms. The lowest BCUT2D eigenvalue weighted by molar-refractivity contribution is 0.0429. The maximum atomic E-state index is 12.6. The van der Waals surface area contributed by atoms with Crippen LogP contribution in [0, 0.1) is 6.92 Å². The molecule has 2 heterocycles. The summed E-state index contributed by atoms with van der Waals surface area (Å²) >= 11 is 0. The normalized spacial score (nSPS) is 10.6. The van der Waals surface area contributed by atoms with Crippen LogP contribution in [-0.2, 0) is 16.1 Å². The van der Waals surface area contributed by atoms with E-state index in [2.05, 4.69) is 10.1 Å². The highest BCUT2D eigenvalue weighted by Crippen LogP contribution is 2.22. The summed E-state index contributed by atoms with van der Waals surface area (Å²) in [5.41, 5.74) is 1.85. The van der Waals surface area contributed by atoms with E-state index < -0.39 is 11.9 Å². The molecule has 0 aliphatic heterocycles. The first-order valence-electron chi connectivity index (χ1n) is 9.49. The smallest absolute Gasteiger partial charge is 0.378 e. The number of carbonyl (C=O) groups excluding carboxylic acids is 2. The Morgan fingerprint density at radius 2 is 1.68 bits per heavy atom. The van der Waals surface area contributed by atoms with Gasteiger partial charge in [0.15, 0.2) is 5.82 Å². The summed E-state index contributed by atoms with van der Waals surface area (Å²) in [4.78, 5) is 28.7. The standard InChI is InChI=1S/C23H19N3O5/c1-15-19(22(27)29-2)13-18(31-15)14-30-23(28)20-24-21(16-9-5-3-6-10-16)26(25-20)17-11-7-4-8-12-17/h3-13H,14H2,1-2H3. The van der Waals surface area contributed by atoms with Gasteiger partial charge in [-0.25, -0.2) is 19.3 Å². The van der Waals surface area contributed by atoms with Crippen molar-refractivity contribution in [2.24, 2.45) is 0 Å². The number of esters is 2. The Balaban J connectivity index is 1.59. The lowest BCUT2D eigenvalue weighted by Crippen LogP contribution is -2.08. The van der Waals surface area contributed by atoms with E-state index in [-0.39, 0.29) is 18.0 Å². The minimum absolute atomic E-state index is 0.0841. The number of hydrogen-bond acceptors (Lipinski definition) is 7. The molecule has 0 saturated carbocycles. The van der Waals surface area contributed by atoms with E-state index >= 15 is 0 Å². The second-order valence-electron chi connectivity index (χ2n) is 6.62. The molecule has 0 aliphatic rings. The van der Waals surface area contributed by atoms with E-state index in [9.17, 15) is 9.59 Å². The molecule has 4 rings (SSSR count). The summed E-state index contributed by atoms with van der Waals surface area (Å²) in [7, 11) is 1.29. The molecule has 2 aromatic carbocycles. The Bertz CT molecular complexity index is 1160. The van der Waals surface area contributed by atoms with Crippen LogP contribution in [0.1, 0.15) is 32.5 Å². The van der Waals surface area contributed by atoms with Gasteiger partial charge in [-0.3, -0.25) is 0 Å². The van der Waals surface area contributed by atoms with Crippen molar-refractivity contribution in [1.29, 1.82) is 0 Å². The van der Waals surface area contributed by atoms with Gasteiger partial charge in [0.1, 0.15) is 23.7 Å². The van der Waals surface area contributed by atoms with Crippen LogP contribution in [0.3, 0.4) is 0 Å². The minimum atomic E-state index is -0.708. The highest BCUT2D eigenvalue weighted by Gasteiger charge is 2.21. The largest absolute Gasteiger partial charge is 0.465 e. The average molecular weight is 417 g/mol. The number of para-hydroxylation sites is 1. The quantitative estimate of drug-likeness (QED) is 0.438. The third-order valence-electron chi connectivity index (χ3n) is 4.54. The summed E-state index contributed by atoms with van der Waals surface area (Å²) in [6, 6.07) is 20.3. The van der Waals surface area contributed by atoms with Crippen LogP contribution in [0.2, 0.25) is 0 Å². The Hall–Kier alpha value is -4.20. The van der Waals surface area contributed by atoms with Gasteiger partial charge in [-0.05, 0) is 25.1 Å². The molecular weight excluding hydrogens is 398 g/mol. The number of methoxy groups -OCH3 is 1. The van der Waals surface area contributed by atoms with E-state index in [1.54, 1.807) is 11.6 Å². The van der Waals surface area contributed by atoms with E-state index in [0.717, 1.165) is 11.3 Å². The van der Waals surface area contributed by atoms with Crippen LogP contribution < -0.4 is 0 Å². The predicted molar refractivity (Wildman–Crippen MR) is 111 cm³/mol. The fourth-order valence-electron chi connectivity index (χ4n) is 3.05. The van der Waals surface area contributed by atoms with Crippen molar-refractivity contribution >= 4 is 11.9 Å². The molecular formula is C23H19N3O5. The molecule has 8 heteroatoms. The van der Waals surface area contributed by atoms with E-state index in [4.69, 9.17) is 13.9 Å². The number of nitrogens with zero attached hydrogens (tertiary/aromatic N) is 3. The molecule has 0 radical (unpaired) electrons. The first-order chi connectivity index (χ1) is 15.1. The van der Waals surface area contributed by atoms with Crippen molar-refractivity contribution in [3.05, 3.63) is 89.6 Å². The summed E-state index contributed by atoms with van der Waals surface area (Å²) in [5, 5.41) is 4.36. The number of carbonyl (C=O) groups is 2. The molecule has 8 nitrogen and oxygen atoms in total. The number of aryl methyl sites for hydroxylation is 1. The topological polar surface area (TPSA) is 96.5 Å². The van der Waals surface area contributed by atoms with Crippen LogP contribution in [0.5, 0.6) is 0 Å². The summed E-state index contributed by atoms with van der Waals surface area (Å²) in [6.45, 7) is 1.46. The minimum Gasteiger partial charge on any atom is -0.465 e. The van der Waals surface area contributed by atoms with Gasteiger partial charge in [0.05, 0.1) is 12.8 Å². The Morgan fingerprint density at radius 1 is 1.00 bits per heavy atom. The van der Waals surface area contributed by atoms with Crippen LogP contribution in [0.15, 0.2) is 71.1 Å². The van der Waals surface area contributed by atoms with Crippen LogP contribution in [0.4, 0.5) is 0 Å². The first-order valence-corrected chi connectivity index (χ1v) is 9.49. The van der Waals surface area contributed by atoms with Crippen LogP contribution in [0.25, 0.3) is 17.1 Å². The Kier molecular flexibility index (Phi) is 5.61. The van der Waals surface area contributed by atoms with Gasteiger partial charge in [-0.15, -0.1) is 5.10 Å².